The first-order valence-electron chi connectivity index (χ1n) is 5.25. The second kappa shape index (κ2) is 6.81. The van der Waals surface area contributed by atoms with Crippen molar-refractivity contribution in [2.45, 2.75) is 30.9 Å². The predicted molar refractivity (Wildman–Crippen MR) is 68.1 cm³/mol. The molecule has 2 atom stereocenters. The van der Waals surface area contributed by atoms with Gasteiger partial charge in [0.2, 0.25) is 0 Å². The van der Waals surface area contributed by atoms with Crippen molar-refractivity contribution >= 4 is 15.9 Å². The summed E-state index contributed by atoms with van der Waals surface area (Å²) in [7, 11) is 0. The minimum absolute atomic E-state index is 0.0258. The van der Waals surface area contributed by atoms with Crippen LogP contribution in [0.5, 0.6) is 0 Å². The van der Waals surface area contributed by atoms with Gasteiger partial charge in [0.15, 0.2) is 0 Å². The fraction of sp³-hybridized carbons (Fsp3) is 0.385. The first-order chi connectivity index (χ1) is 7.27. The second-order valence-electron chi connectivity index (χ2n) is 3.40. The summed E-state index contributed by atoms with van der Waals surface area (Å²) < 4.78 is 5.82. The van der Waals surface area contributed by atoms with Crippen molar-refractivity contribution in [3.05, 3.63) is 48.6 Å². The lowest BCUT2D eigenvalue weighted by atomic mass is 10.1. The molecule has 0 saturated heterocycles. The zero-order chi connectivity index (χ0) is 11.1. The van der Waals surface area contributed by atoms with E-state index in [1.54, 1.807) is 0 Å². The molecule has 1 nitrogen and oxygen atoms in total. The summed E-state index contributed by atoms with van der Waals surface area (Å²) >= 11 is 3.51. The van der Waals surface area contributed by atoms with Gasteiger partial charge < -0.3 is 4.74 Å². The van der Waals surface area contributed by atoms with Gasteiger partial charge in [-0.3, -0.25) is 0 Å². The van der Waals surface area contributed by atoms with Crippen molar-refractivity contribution < 1.29 is 4.74 Å². The predicted octanol–water partition coefficient (Wildman–Crippen LogP) is 4.45. The van der Waals surface area contributed by atoms with Gasteiger partial charge >= 0.3 is 0 Å². The van der Waals surface area contributed by atoms with Crippen LogP contribution >= 0.6 is 15.9 Å². The van der Waals surface area contributed by atoms with E-state index < -0.39 is 0 Å². The van der Waals surface area contributed by atoms with E-state index in [2.05, 4.69) is 41.6 Å². The number of alkyl halides is 1. The summed E-state index contributed by atoms with van der Waals surface area (Å²) in [6.45, 7) is 5.95. The van der Waals surface area contributed by atoms with E-state index in [4.69, 9.17) is 4.74 Å². The average molecular weight is 269 g/mol. The Balaban J connectivity index is 2.60. The molecule has 0 aliphatic carbocycles. The summed E-state index contributed by atoms with van der Waals surface area (Å²) in [5.41, 5.74) is 1.15. The zero-order valence-corrected chi connectivity index (χ0v) is 10.6. The molecule has 0 heterocycles. The Labute approximate surface area is 100 Å². The van der Waals surface area contributed by atoms with Crippen LogP contribution in [0, 0.1) is 0 Å². The standard InChI is InChI=1S/C13H17BrO/c1-3-8-13(14)15-12(4-2)11-9-6-5-7-10-11/h4-7,9-10,12-13H,2-3,8H2,1H3. The Morgan fingerprint density at radius 3 is 2.60 bits per heavy atom. The van der Waals surface area contributed by atoms with Crippen LogP contribution in [0.25, 0.3) is 0 Å². The molecule has 0 bridgehead atoms. The Bertz CT molecular complexity index is 284. The van der Waals surface area contributed by atoms with E-state index in [0.717, 1.165) is 18.4 Å². The van der Waals surface area contributed by atoms with Crippen molar-refractivity contribution in [3.63, 3.8) is 0 Å². The third-order valence-corrected chi connectivity index (χ3v) is 2.83. The van der Waals surface area contributed by atoms with E-state index in [9.17, 15) is 0 Å². The largest absolute Gasteiger partial charge is 0.355 e. The van der Waals surface area contributed by atoms with Crippen LogP contribution in [0.1, 0.15) is 31.4 Å². The van der Waals surface area contributed by atoms with Crippen LogP contribution in [-0.2, 0) is 4.74 Å². The molecule has 2 unspecified atom stereocenters. The molecular weight excluding hydrogens is 252 g/mol. The summed E-state index contributed by atoms with van der Waals surface area (Å²) in [6.07, 6.45) is 3.92. The molecule has 1 aromatic rings. The summed E-state index contributed by atoms with van der Waals surface area (Å²) in [5.74, 6) is 0. The van der Waals surface area contributed by atoms with E-state index in [1.807, 2.05) is 24.3 Å². The average Bonchev–Trinajstić information content (AvgIpc) is 2.27. The lowest BCUT2D eigenvalue weighted by Crippen LogP contribution is -2.09. The van der Waals surface area contributed by atoms with Gasteiger partial charge in [0.05, 0.1) is 0 Å². The molecule has 82 valence electrons. The van der Waals surface area contributed by atoms with Crippen molar-refractivity contribution in [2.75, 3.05) is 0 Å². The van der Waals surface area contributed by atoms with Gasteiger partial charge in [-0.1, -0.05) is 65.7 Å². The van der Waals surface area contributed by atoms with Gasteiger partial charge in [0, 0.05) is 0 Å². The Morgan fingerprint density at radius 2 is 2.07 bits per heavy atom. The van der Waals surface area contributed by atoms with Crippen LogP contribution in [0.2, 0.25) is 0 Å². The fourth-order valence-electron chi connectivity index (χ4n) is 1.37. The molecule has 0 fully saturated rings. The molecule has 0 spiro atoms. The van der Waals surface area contributed by atoms with Gasteiger partial charge in [0.1, 0.15) is 11.1 Å². The topological polar surface area (TPSA) is 9.23 Å². The maximum Gasteiger partial charge on any atom is 0.113 e. The zero-order valence-electron chi connectivity index (χ0n) is 9.03. The maximum atomic E-state index is 5.82. The molecular formula is C13H17BrO. The third kappa shape index (κ3) is 4.18. The lowest BCUT2D eigenvalue weighted by molar-refractivity contribution is 0.0647. The first kappa shape index (κ1) is 12.5. The number of hydrogen-bond donors (Lipinski definition) is 0. The quantitative estimate of drug-likeness (QED) is 0.547. The fourth-order valence-corrected chi connectivity index (χ4v) is 2.06. The van der Waals surface area contributed by atoms with Crippen LogP contribution in [0.3, 0.4) is 0 Å². The SMILES string of the molecule is C=CC(OC(Br)CCC)c1ccccc1. The summed E-state index contributed by atoms with van der Waals surface area (Å²) in [4.78, 5) is 0. The molecule has 0 radical (unpaired) electrons. The van der Waals surface area contributed by atoms with Crippen LogP contribution < -0.4 is 0 Å². The van der Waals surface area contributed by atoms with Crippen LogP contribution in [0.15, 0.2) is 43.0 Å². The van der Waals surface area contributed by atoms with Gasteiger partial charge in [-0.2, -0.15) is 0 Å². The molecule has 0 amide bonds. The van der Waals surface area contributed by atoms with E-state index >= 15 is 0 Å². The highest BCUT2D eigenvalue weighted by molar-refractivity contribution is 9.09. The number of benzene rings is 1. The van der Waals surface area contributed by atoms with Crippen molar-refractivity contribution in [1.82, 2.24) is 0 Å². The molecule has 2 heteroatoms. The first-order valence-corrected chi connectivity index (χ1v) is 6.16. The highest BCUT2D eigenvalue weighted by atomic mass is 79.9. The van der Waals surface area contributed by atoms with Crippen molar-refractivity contribution in [2.24, 2.45) is 0 Å². The Morgan fingerprint density at radius 1 is 1.40 bits per heavy atom. The van der Waals surface area contributed by atoms with Gasteiger partial charge in [-0.25, -0.2) is 0 Å². The maximum absolute atomic E-state index is 5.82. The molecule has 0 N–H and O–H groups in total. The minimum Gasteiger partial charge on any atom is -0.355 e. The van der Waals surface area contributed by atoms with Gasteiger partial charge in [-0.15, -0.1) is 6.58 Å². The normalized spacial score (nSPS) is 14.5. The summed E-state index contributed by atoms with van der Waals surface area (Å²) in [6, 6.07) is 10.1. The lowest BCUT2D eigenvalue weighted by Gasteiger charge is -2.18. The second-order valence-corrected chi connectivity index (χ2v) is 4.42. The monoisotopic (exact) mass is 268 g/mol. The number of rotatable bonds is 6. The molecule has 0 aliphatic rings. The van der Waals surface area contributed by atoms with Crippen LogP contribution in [0.4, 0.5) is 0 Å². The highest BCUT2D eigenvalue weighted by Gasteiger charge is 2.12. The highest BCUT2D eigenvalue weighted by Crippen LogP contribution is 2.23. The molecule has 1 rings (SSSR count). The summed E-state index contributed by atoms with van der Waals surface area (Å²) in [5, 5.41) is 0.103. The van der Waals surface area contributed by atoms with Crippen molar-refractivity contribution in [3.8, 4) is 0 Å². The smallest absolute Gasteiger partial charge is 0.113 e. The van der Waals surface area contributed by atoms with Crippen LogP contribution in [-0.4, -0.2) is 5.01 Å². The van der Waals surface area contributed by atoms with Gasteiger partial charge in [-0.05, 0) is 12.0 Å². The minimum atomic E-state index is -0.0258. The molecule has 0 aromatic heterocycles. The number of halogens is 1. The van der Waals surface area contributed by atoms with E-state index in [0.29, 0.717) is 0 Å². The number of hydrogen-bond acceptors (Lipinski definition) is 1. The molecule has 1 aromatic carbocycles. The third-order valence-electron chi connectivity index (χ3n) is 2.15. The molecule has 0 aliphatic heterocycles. The van der Waals surface area contributed by atoms with E-state index in [1.165, 1.54) is 0 Å². The number of ether oxygens (including phenoxy) is 1. The molecule has 0 saturated carbocycles. The van der Waals surface area contributed by atoms with Gasteiger partial charge in [0.25, 0.3) is 0 Å². The molecule has 15 heavy (non-hydrogen) atoms. The van der Waals surface area contributed by atoms with Crippen molar-refractivity contribution in [1.29, 1.82) is 0 Å². The Kier molecular flexibility index (Phi) is 5.66. The van der Waals surface area contributed by atoms with E-state index in [-0.39, 0.29) is 11.1 Å². The Hall–Kier alpha value is -0.600.